The average molecular weight is 428 g/mol. The Morgan fingerprint density at radius 1 is 1.10 bits per heavy atom. The third-order valence-electron chi connectivity index (χ3n) is 3.91. The van der Waals surface area contributed by atoms with Crippen molar-refractivity contribution in [2.75, 3.05) is 11.5 Å². The summed E-state index contributed by atoms with van der Waals surface area (Å²) in [5, 5.41) is 21.6. The van der Waals surface area contributed by atoms with Gasteiger partial charge in [0, 0.05) is 11.5 Å². The molecule has 3 aromatic rings. The zero-order valence-electron chi connectivity index (χ0n) is 14.8. The second-order valence-corrected chi connectivity index (χ2v) is 8.70. The molecular weight excluding hydrogens is 414 g/mol. The van der Waals surface area contributed by atoms with Gasteiger partial charge in [-0.3, -0.25) is 4.72 Å². The zero-order chi connectivity index (χ0) is 20.3. The van der Waals surface area contributed by atoms with E-state index in [9.17, 15) is 13.5 Å². The van der Waals surface area contributed by atoms with Gasteiger partial charge < -0.3 is 14.6 Å². The Kier molecular flexibility index (Phi) is 5.19. The van der Waals surface area contributed by atoms with E-state index in [2.05, 4.69) is 14.9 Å². The van der Waals surface area contributed by atoms with Crippen molar-refractivity contribution in [1.29, 1.82) is 0 Å². The van der Waals surface area contributed by atoms with E-state index in [0.717, 1.165) is 11.3 Å². The van der Waals surface area contributed by atoms with Gasteiger partial charge in [0.25, 0.3) is 10.0 Å². The third-order valence-corrected chi connectivity index (χ3v) is 6.68. The summed E-state index contributed by atoms with van der Waals surface area (Å²) in [6, 6.07) is 14.5. The van der Waals surface area contributed by atoms with Crippen LogP contribution in [0.5, 0.6) is 11.5 Å². The number of hydrogen-bond donors (Lipinski definition) is 1. The predicted octanol–water partition coefficient (Wildman–Crippen LogP) is 2.42. The zero-order valence-corrected chi connectivity index (χ0v) is 16.4. The first-order valence-electron chi connectivity index (χ1n) is 8.36. The number of sulfonamides is 1. The van der Waals surface area contributed by atoms with Gasteiger partial charge >= 0.3 is 0 Å². The molecular formula is C19H14N3O5S2-. The summed E-state index contributed by atoms with van der Waals surface area (Å²) < 4.78 is 38.0. The van der Waals surface area contributed by atoms with Crippen molar-refractivity contribution in [2.24, 2.45) is 10.2 Å². The van der Waals surface area contributed by atoms with E-state index in [0.29, 0.717) is 17.1 Å². The average Bonchev–Trinajstić information content (AvgIpc) is 3.40. The number of anilines is 1. The largest absolute Gasteiger partial charge is 0.857 e. The molecule has 1 aliphatic rings. The van der Waals surface area contributed by atoms with Gasteiger partial charge in [-0.05, 0) is 41.3 Å². The van der Waals surface area contributed by atoms with Gasteiger partial charge in [-0.15, -0.1) is 11.3 Å². The van der Waals surface area contributed by atoms with E-state index in [1.165, 1.54) is 24.4 Å². The Hall–Kier alpha value is -3.37. The molecule has 8 nitrogen and oxygen atoms in total. The lowest BCUT2D eigenvalue weighted by atomic mass is 10.2. The highest BCUT2D eigenvalue weighted by molar-refractivity contribution is 7.94. The second-order valence-electron chi connectivity index (χ2n) is 5.85. The fourth-order valence-corrected chi connectivity index (χ4v) is 4.64. The summed E-state index contributed by atoms with van der Waals surface area (Å²) in [6.07, 6.45) is 1.40. The molecule has 148 valence electrons. The number of fused-ring (bicyclic) bond motifs is 1. The van der Waals surface area contributed by atoms with E-state index in [1.807, 2.05) is 0 Å². The van der Waals surface area contributed by atoms with Gasteiger partial charge in [0.05, 0.1) is 11.9 Å². The van der Waals surface area contributed by atoms with Crippen molar-refractivity contribution in [3.05, 3.63) is 71.1 Å². The monoisotopic (exact) mass is 428 g/mol. The molecule has 0 aliphatic carbocycles. The Labute approximate surface area is 170 Å². The Morgan fingerprint density at radius 2 is 1.93 bits per heavy atom. The molecule has 0 amide bonds. The summed E-state index contributed by atoms with van der Waals surface area (Å²) >= 11 is 1.08. The summed E-state index contributed by atoms with van der Waals surface area (Å²) in [5.41, 5.74) is 0.904. The van der Waals surface area contributed by atoms with E-state index < -0.39 is 15.9 Å². The molecule has 4 rings (SSSR count). The topological polar surface area (TPSA) is 112 Å². The van der Waals surface area contributed by atoms with Crippen molar-refractivity contribution in [2.45, 2.75) is 4.21 Å². The molecule has 1 aliphatic heterocycles. The van der Waals surface area contributed by atoms with Crippen LogP contribution in [0, 0.1) is 0 Å². The molecule has 10 heteroatoms. The number of benzene rings is 2. The maximum absolute atomic E-state index is 12.5. The first-order chi connectivity index (χ1) is 14.0. The lowest BCUT2D eigenvalue weighted by Crippen LogP contribution is -2.22. The van der Waals surface area contributed by atoms with E-state index in [4.69, 9.17) is 9.47 Å². The van der Waals surface area contributed by atoms with Crippen molar-refractivity contribution >= 4 is 39.2 Å². The number of para-hydroxylation sites is 1. The van der Waals surface area contributed by atoms with Crippen LogP contribution in [0.4, 0.5) is 5.69 Å². The number of hydrogen-bond acceptors (Lipinski definition) is 8. The van der Waals surface area contributed by atoms with E-state index in [-0.39, 0.29) is 22.3 Å². The quantitative estimate of drug-likeness (QED) is 0.368. The standard InChI is InChI=1S/C19H15N3O5S2/c23-19(21-20-11-13-7-8-16-17(10-13)27-12-26-16)14-4-1-2-5-15(14)22-29(24,25)18-6-3-9-28-18/h1-11,22H,12H2,(H,21,23)/p-1/b20-11-. The van der Waals surface area contributed by atoms with E-state index >= 15 is 0 Å². The SMILES string of the molecule is O=S(=O)(Nc1ccccc1C([O-])=N/N=C\c1ccc2c(c1)OCO2)c1cccs1. The maximum atomic E-state index is 12.5. The van der Waals surface area contributed by atoms with Gasteiger partial charge in [-0.1, -0.05) is 24.3 Å². The van der Waals surface area contributed by atoms with Gasteiger partial charge in [0.15, 0.2) is 11.5 Å². The number of nitrogens with one attached hydrogen (secondary N) is 1. The highest BCUT2D eigenvalue weighted by Crippen LogP contribution is 2.32. The van der Waals surface area contributed by atoms with Crippen LogP contribution in [0.15, 0.2) is 74.4 Å². The fraction of sp³-hybridized carbons (Fsp3) is 0.0526. The number of ether oxygens (including phenoxy) is 2. The minimum Gasteiger partial charge on any atom is -0.857 e. The molecule has 0 atom stereocenters. The molecule has 0 unspecified atom stereocenters. The van der Waals surface area contributed by atoms with Crippen LogP contribution in [-0.2, 0) is 10.0 Å². The van der Waals surface area contributed by atoms with Crippen LogP contribution in [0.2, 0.25) is 0 Å². The van der Waals surface area contributed by atoms with Gasteiger partial charge in [-0.2, -0.15) is 10.2 Å². The highest BCUT2D eigenvalue weighted by atomic mass is 32.2. The normalized spacial score (nSPS) is 13.7. The number of nitrogens with zero attached hydrogens (tertiary/aromatic N) is 2. The lowest BCUT2D eigenvalue weighted by molar-refractivity contribution is -0.213. The van der Waals surface area contributed by atoms with Crippen molar-refractivity contribution in [3.8, 4) is 11.5 Å². The molecule has 1 N–H and O–H groups in total. The molecule has 29 heavy (non-hydrogen) atoms. The van der Waals surface area contributed by atoms with Crippen molar-refractivity contribution in [3.63, 3.8) is 0 Å². The molecule has 0 bridgehead atoms. The van der Waals surface area contributed by atoms with Crippen LogP contribution in [-0.4, -0.2) is 27.3 Å². The van der Waals surface area contributed by atoms with E-state index in [1.54, 1.807) is 41.8 Å². The van der Waals surface area contributed by atoms with Gasteiger partial charge in [0.1, 0.15) is 4.21 Å². The molecule has 0 radical (unpaired) electrons. The van der Waals surface area contributed by atoms with Gasteiger partial charge in [0.2, 0.25) is 6.79 Å². The van der Waals surface area contributed by atoms with Gasteiger partial charge in [-0.25, -0.2) is 8.42 Å². The summed E-state index contributed by atoms with van der Waals surface area (Å²) in [7, 11) is -3.78. The fourth-order valence-electron chi connectivity index (χ4n) is 2.57. The van der Waals surface area contributed by atoms with Crippen LogP contribution in [0.25, 0.3) is 0 Å². The molecule has 0 spiro atoms. The predicted molar refractivity (Wildman–Crippen MR) is 108 cm³/mol. The minimum absolute atomic E-state index is 0.0930. The van der Waals surface area contributed by atoms with Crippen molar-refractivity contribution < 1.29 is 23.0 Å². The van der Waals surface area contributed by atoms with Crippen LogP contribution in [0.3, 0.4) is 0 Å². The Balaban J connectivity index is 1.55. The van der Waals surface area contributed by atoms with Crippen LogP contribution in [0.1, 0.15) is 11.1 Å². The molecule has 0 fully saturated rings. The molecule has 0 saturated carbocycles. The number of rotatable bonds is 6. The number of thiophene rings is 1. The smallest absolute Gasteiger partial charge is 0.271 e. The Bertz CT molecular complexity index is 1190. The van der Waals surface area contributed by atoms with Crippen LogP contribution < -0.4 is 19.3 Å². The summed E-state index contributed by atoms with van der Waals surface area (Å²) in [5.74, 6) is 0.558. The summed E-state index contributed by atoms with van der Waals surface area (Å²) in [4.78, 5) is 0. The van der Waals surface area contributed by atoms with Crippen LogP contribution >= 0.6 is 11.3 Å². The van der Waals surface area contributed by atoms with Crippen molar-refractivity contribution in [1.82, 2.24) is 0 Å². The Morgan fingerprint density at radius 3 is 2.76 bits per heavy atom. The molecule has 0 saturated heterocycles. The molecule has 2 heterocycles. The first-order valence-corrected chi connectivity index (χ1v) is 10.7. The first kappa shape index (κ1) is 19.0. The summed E-state index contributed by atoms with van der Waals surface area (Å²) in [6.45, 7) is 0.164. The maximum Gasteiger partial charge on any atom is 0.271 e. The lowest BCUT2D eigenvalue weighted by Gasteiger charge is -2.15. The minimum atomic E-state index is -3.78. The molecule has 2 aromatic carbocycles. The highest BCUT2D eigenvalue weighted by Gasteiger charge is 2.17. The third kappa shape index (κ3) is 4.23. The second kappa shape index (κ2) is 7.94. The molecule has 1 aromatic heterocycles.